The number of hydrogen-bond acceptors (Lipinski definition) is 6. The van der Waals surface area contributed by atoms with Crippen LogP contribution in [0, 0.1) is 0 Å². The van der Waals surface area contributed by atoms with Gasteiger partial charge in [-0.2, -0.15) is 4.98 Å². The molecule has 0 aliphatic carbocycles. The van der Waals surface area contributed by atoms with Crippen molar-refractivity contribution in [3.05, 3.63) is 12.4 Å². The van der Waals surface area contributed by atoms with Gasteiger partial charge in [-0.15, -0.1) is 0 Å². The second-order valence-electron chi connectivity index (χ2n) is 4.08. The van der Waals surface area contributed by atoms with E-state index in [-0.39, 0.29) is 6.10 Å². The SMILES string of the molecule is COCCNCCNc1cncc(OC(C)C)n1. The summed E-state index contributed by atoms with van der Waals surface area (Å²) in [5.74, 6) is 1.27. The summed E-state index contributed by atoms with van der Waals surface area (Å²) in [5, 5.41) is 6.41. The third-order valence-electron chi connectivity index (χ3n) is 2.06. The van der Waals surface area contributed by atoms with E-state index in [4.69, 9.17) is 9.47 Å². The molecule has 0 atom stereocenters. The Morgan fingerprint density at radius 2 is 2.06 bits per heavy atom. The Labute approximate surface area is 108 Å². The highest BCUT2D eigenvalue weighted by molar-refractivity contribution is 5.33. The van der Waals surface area contributed by atoms with Crippen LogP contribution in [0.3, 0.4) is 0 Å². The van der Waals surface area contributed by atoms with Crippen molar-refractivity contribution in [2.24, 2.45) is 0 Å². The van der Waals surface area contributed by atoms with E-state index in [2.05, 4.69) is 20.6 Å². The summed E-state index contributed by atoms with van der Waals surface area (Å²) in [6.07, 6.45) is 3.40. The molecule has 0 aliphatic rings. The van der Waals surface area contributed by atoms with E-state index in [0.29, 0.717) is 5.88 Å². The molecule has 1 aromatic rings. The Morgan fingerprint density at radius 3 is 2.78 bits per heavy atom. The first-order valence-corrected chi connectivity index (χ1v) is 6.14. The number of nitrogens with one attached hydrogen (secondary N) is 2. The first-order chi connectivity index (χ1) is 8.72. The Balaban J connectivity index is 2.25. The Bertz CT molecular complexity index is 334. The fourth-order valence-electron chi connectivity index (χ4n) is 1.31. The quantitative estimate of drug-likeness (QED) is 0.638. The Hall–Kier alpha value is -1.40. The smallest absolute Gasteiger partial charge is 0.234 e. The monoisotopic (exact) mass is 254 g/mol. The zero-order chi connectivity index (χ0) is 13.2. The molecule has 1 aromatic heterocycles. The minimum absolute atomic E-state index is 0.102. The number of rotatable bonds is 9. The third-order valence-corrected chi connectivity index (χ3v) is 2.06. The highest BCUT2D eigenvalue weighted by Crippen LogP contribution is 2.10. The molecule has 0 saturated heterocycles. The summed E-state index contributed by atoms with van der Waals surface area (Å²) >= 11 is 0. The van der Waals surface area contributed by atoms with Crippen LogP contribution in [0.4, 0.5) is 5.82 Å². The van der Waals surface area contributed by atoms with Gasteiger partial charge in [0.05, 0.1) is 25.1 Å². The zero-order valence-corrected chi connectivity index (χ0v) is 11.3. The maximum Gasteiger partial charge on any atom is 0.234 e. The zero-order valence-electron chi connectivity index (χ0n) is 11.3. The first kappa shape index (κ1) is 14.7. The molecule has 0 fully saturated rings. The van der Waals surface area contributed by atoms with E-state index in [1.165, 1.54) is 0 Å². The van der Waals surface area contributed by atoms with Crippen LogP contribution in [0.15, 0.2) is 12.4 Å². The lowest BCUT2D eigenvalue weighted by molar-refractivity contribution is 0.200. The van der Waals surface area contributed by atoms with Crippen molar-refractivity contribution in [2.45, 2.75) is 20.0 Å². The van der Waals surface area contributed by atoms with Gasteiger partial charge in [-0.3, -0.25) is 4.98 Å². The molecular formula is C12H22N4O2. The lowest BCUT2D eigenvalue weighted by Gasteiger charge is -2.10. The molecule has 0 unspecified atom stereocenters. The predicted molar refractivity (Wildman–Crippen MR) is 71.0 cm³/mol. The molecule has 0 aromatic carbocycles. The van der Waals surface area contributed by atoms with Gasteiger partial charge in [-0.25, -0.2) is 0 Å². The van der Waals surface area contributed by atoms with Crippen molar-refractivity contribution in [1.29, 1.82) is 0 Å². The molecule has 0 radical (unpaired) electrons. The Kier molecular flexibility index (Phi) is 7.05. The van der Waals surface area contributed by atoms with Gasteiger partial charge in [0.1, 0.15) is 5.82 Å². The number of aromatic nitrogens is 2. The lowest BCUT2D eigenvalue weighted by atomic mass is 10.5. The second-order valence-corrected chi connectivity index (χ2v) is 4.08. The average Bonchev–Trinajstić information content (AvgIpc) is 2.33. The normalized spacial score (nSPS) is 10.7. The third kappa shape index (κ3) is 6.36. The summed E-state index contributed by atoms with van der Waals surface area (Å²) in [5.41, 5.74) is 0. The lowest BCUT2D eigenvalue weighted by Crippen LogP contribution is -2.25. The van der Waals surface area contributed by atoms with Crippen molar-refractivity contribution in [3.8, 4) is 5.88 Å². The van der Waals surface area contributed by atoms with Crippen LogP contribution >= 0.6 is 0 Å². The van der Waals surface area contributed by atoms with Gasteiger partial charge in [-0.1, -0.05) is 0 Å². The van der Waals surface area contributed by atoms with Crippen molar-refractivity contribution >= 4 is 5.82 Å². The number of ether oxygens (including phenoxy) is 2. The molecule has 6 nitrogen and oxygen atoms in total. The minimum atomic E-state index is 0.102. The van der Waals surface area contributed by atoms with Gasteiger partial charge < -0.3 is 20.1 Å². The molecule has 0 amide bonds. The van der Waals surface area contributed by atoms with Gasteiger partial charge in [0.2, 0.25) is 5.88 Å². The van der Waals surface area contributed by atoms with E-state index in [1.807, 2.05) is 13.8 Å². The maximum atomic E-state index is 5.47. The number of nitrogens with zero attached hydrogens (tertiary/aromatic N) is 2. The molecule has 0 spiro atoms. The average molecular weight is 254 g/mol. The number of anilines is 1. The highest BCUT2D eigenvalue weighted by atomic mass is 16.5. The summed E-state index contributed by atoms with van der Waals surface area (Å²) in [6.45, 7) is 7.12. The summed E-state index contributed by atoms with van der Waals surface area (Å²) in [6, 6.07) is 0. The molecule has 2 N–H and O–H groups in total. The van der Waals surface area contributed by atoms with Crippen molar-refractivity contribution < 1.29 is 9.47 Å². The van der Waals surface area contributed by atoms with E-state index in [0.717, 1.165) is 32.1 Å². The van der Waals surface area contributed by atoms with Crippen molar-refractivity contribution in [3.63, 3.8) is 0 Å². The number of methoxy groups -OCH3 is 1. The largest absolute Gasteiger partial charge is 0.474 e. The highest BCUT2D eigenvalue weighted by Gasteiger charge is 2.01. The fraction of sp³-hybridized carbons (Fsp3) is 0.667. The molecule has 6 heteroatoms. The molecule has 18 heavy (non-hydrogen) atoms. The van der Waals surface area contributed by atoms with Crippen LogP contribution < -0.4 is 15.4 Å². The molecule has 1 heterocycles. The van der Waals surface area contributed by atoms with Gasteiger partial charge in [-0.05, 0) is 13.8 Å². The van der Waals surface area contributed by atoms with Crippen LogP contribution in [0.2, 0.25) is 0 Å². The van der Waals surface area contributed by atoms with Gasteiger partial charge in [0.15, 0.2) is 0 Å². The maximum absolute atomic E-state index is 5.47. The topological polar surface area (TPSA) is 68.3 Å². The van der Waals surface area contributed by atoms with E-state index < -0.39 is 0 Å². The van der Waals surface area contributed by atoms with E-state index in [9.17, 15) is 0 Å². The van der Waals surface area contributed by atoms with Crippen LogP contribution in [-0.4, -0.2) is 49.4 Å². The van der Waals surface area contributed by atoms with Gasteiger partial charge >= 0.3 is 0 Å². The van der Waals surface area contributed by atoms with Crippen LogP contribution in [-0.2, 0) is 4.74 Å². The van der Waals surface area contributed by atoms with Crippen LogP contribution in [0.5, 0.6) is 5.88 Å². The molecule has 102 valence electrons. The summed E-state index contributed by atoms with van der Waals surface area (Å²) in [7, 11) is 1.69. The predicted octanol–water partition coefficient (Wildman–Crippen LogP) is 0.912. The van der Waals surface area contributed by atoms with E-state index in [1.54, 1.807) is 19.5 Å². The molecule has 1 rings (SSSR count). The summed E-state index contributed by atoms with van der Waals surface area (Å²) < 4.78 is 10.4. The summed E-state index contributed by atoms with van der Waals surface area (Å²) in [4.78, 5) is 8.37. The molecule has 0 bridgehead atoms. The van der Waals surface area contributed by atoms with Crippen LogP contribution in [0.1, 0.15) is 13.8 Å². The van der Waals surface area contributed by atoms with Crippen LogP contribution in [0.25, 0.3) is 0 Å². The Morgan fingerprint density at radius 1 is 1.22 bits per heavy atom. The van der Waals surface area contributed by atoms with Crippen molar-refractivity contribution in [1.82, 2.24) is 15.3 Å². The first-order valence-electron chi connectivity index (χ1n) is 6.14. The number of hydrogen-bond donors (Lipinski definition) is 2. The molecular weight excluding hydrogens is 232 g/mol. The van der Waals surface area contributed by atoms with Gasteiger partial charge in [0.25, 0.3) is 0 Å². The molecule has 0 saturated carbocycles. The minimum Gasteiger partial charge on any atom is -0.474 e. The van der Waals surface area contributed by atoms with Crippen molar-refractivity contribution in [2.75, 3.05) is 38.7 Å². The molecule has 0 aliphatic heterocycles. The second kappa shape index (κ2) is 8.66. The van der Waals surface area contributed by atoms with E-state index >= 15 is 0 Å². The fourth-order valence-corrected chi connectivity index (χ4v) is 1.31. The van der Waals surface area contributed by atoms with Gasteiger partial charge in [0, 0.05) is 26.7 Å². The standard InChI is InChI=1S/C12H22N4O2/c1-10(2)18-12-9-14-8-11(16-12)15-5-4-13-6-7-17-3/h8-10,13H,4-7H2,1-3H3,(H,15,16).